The normalized spacial score (nSPS) is 12.1. The third-order valence-electron chi connectivity index (χ3n) is 16.9. The third-order valence-corrected chi connectivity index (χ3v) is 16.9. The van der Waals surface area contributed by atoms with Gasteiger partial charge in [0.2, 0.25) is 5.95 Å². The first-order chi connectivity index (χ1) is 41.1. The van der Waals surface area contributed by atoms with Crippen LogP contribution >= 0.6 is 0 Å². The SMILES string of the molecule is c1ccc(-c2ccc3oc4ccc(-n5c6ccc(-c7ccccc7)cc6c6cc(-n7c8ccccc8c8ccc9c%10ccccc%10n(-c%10nc(-c%11ccccc%11)nc(-c%11cccc%12c%11oc%11ccccc%11%12)n%10)c9c87)ccc65)cc4c3c2)cc1. The van der Waals surface area contributed by atoms with Crippen LogP contribution in [0.2, 0.25) is 0 Å². The van der Waals surface area contributed by atoms with E-state index in [0.29, 0.717) is 17.6 Å². The number of fused-ring (bicyclic) bond motifs is 16. The fourth-order valence-corrected chi connectivity index (χ4v) is 13.2. The van der Waals surface area contributed by atoms with Crippen molar-refractivity contribution in [3.63, 3.8) is 0 Å². The van der Waals surface area contributed by atoms with Crippen LogP contribution in [-0.4, -0.2) is 28.7 Å². The second-order valence-corrected chi connectivity index (χ2v) is 21.5. The molecule has 12 aromatic carbocycles. The quantitative estimate of drug-likeness (QED) is 0.159. The summed E-state index contributed by atoms with van der Waals surface area (Å²) in [5.41, 5.74) is 18.0. The van der Waals surface area contributed by atoms with Crippen LogP contribution in [0.4, 0.5) is 0 Å². The van der Waals surface area contributed by atoms with E-state index in [1.54, 1.807) is 0 Å². The van der Waals surface area contributed by atoms with Gasteiger partial charge in [0.15, 0.2) is 11.6 Å². The Kier molecular flexibility index (Phi) is 9.64. The van der Waals surface area contributed by atoms with E-state index in [9.17, 15) is 0 Å². The molecule has 6 aromatic heterocycles. The average molecular weight is 1060 g/mol. The zero-order valence-electron chi connectivity index (χ0n) is 44.4. The van der Waals surface area contributed by atoms with Crippen LogP contribution in [0, 0.1) is 0 Å². The van der Waals surface area contributed by atoms with Gasteiger partial charge in [0.25, 0.3) is 0 Å². The second kappa shape index (κ2) is 17.6. The Hall–Kier alpha value is -11.4. The number of hydrogen-bond acceptors (Lipinski definition) is 5. The summed E-state index contributed by atoms with van der Waals surface area (Å²) in [5.74, 6) is 1.58. The number of aromatic nitrogens is 6. The van der Waals surface area contributed by atoms with Gasteiger partial charge in [-0.05, 0) is 107 Å². The van der Waals surface area contributed by atoms with Gasteiger partial charge in [-0.1, -0.05) is 182 Å². The van der Waals surface area contributed by atoms with Crippen molar-refractivity contribution >= 4 is 109 Å². The van der Waals surface area contributed by atoms with Gasteiger partial charge in [0, 0.05) is 70.8 Å². The number of furan rings is 2. The lowest BCUT2D eigenvalue weighted by Crippen LogP contribution is -2.07. The summed E-state index contributed by atoms with van der Waals surface area (Å²) in [6.45, 7) is 0. The van der Waals surface area contributed by atoms with E-state index >= 15 is 0 Å². The molecular weight excluding hydrogens is 1020 g/mol. The minimum Gasteiger partial charge on any atom is -0.456 e. The zero-order valence-corrected chi connectivity index (χ0v) is 44.4. The molecule has 0 N–H and O–H groups in total. The number of para-hydroxylation sites is 4. The molecule has 0 fully saturated rings. The molecule has 0 unspecified atom stereocenters. The molecule has 0 bridgehead atoms. The maximum atomic E-state index is 6.65. The van der Waals surface area contributed by atoms with E-state index in [1.807, 2.05) is 36.4 Å². The Labute approximate surface area is 473 Å². The van der Waals surface area contributed by atoms with Crippen LogP contribution in [0.3, 0.4) is 0 Å². The predicted molar refractivity (Wildman–Crippen MR) is 339 cm³/mol. The van der Waals surface area contributed by atoms with Gasteiger partial charge in [0.05, 0.1) is 38.7 Å². The minimum atomic E-state index is 0.503. The van der Waals surface area contributed by atoms with Crippen molar-refractivity contribution in [1.82, 2.24) is 28.7 Å². The Morgan fingerprint density at radius 3 is 1.46 bits per heavy atom. The highest BCUT2D eigenvalue weighted by molar-refractivity contribution is 6.24. The molecule has 0 aliphatic rings. The van der Waals surface area contributed by atoms with Gasteiger partial charge in [-0.15, -0.1) is 0 Å². The maximum absolute atomic E-state index is 6.65. The summed E-state index contributed by atoms with van der Waals surface area (Å²) in [7, 11) is 0. The highest BCUT2D eigenvalue weighted by Gasteiger charge is 2.26. The summed E-state index contributed by atoms with van der Waals surface area (Å²) < 4.78 is 20.3. The van der Waals surface area contributed by atoms with Crippen molar-refractivity contribution in [1.29, 1.82) is 0 Å². The number of rotatable bonds is 7. The predicted octanol–water partition coefficient (Wildman–Crippen LogP) is 19.6. The molecule has 18 aromatic rings. The Morgan fingerprint density at radius 1 is 0.253 bits per heavy atom. The van der Waals surface area contributed by atoms with Gasteiger partial charge in [-0.3, -0.25) is 4.57 Å². The van der Waals surface area contributed by atoms with Crippen molar-refractivity contribution in [2.75, 3.05) is 0 Å². The summed E-state index contributed by atoms with van der Waals surface area (Å²) in [6.07, 6.45) is 0. The van der Waals surface area contributed by atoms with E-state index in [-0.39, 0.29) is 0 Å². The largest absolute Gasteiger partial charge is 0.456 e. The smallest absolute Gasteiger partial charge is 0.238 e. The number of hydrogen-bond donors (Lipinski definition) is 0. The highest BCUT2D eigenvalue weighted by Crippen LogP contribution is 2.45. The molecule has 0 radical (unpaired) electrons. The fourth-order valence-electron chi connectivity index (χ4n) is 13.2. The molecule has 6 heterocycles. The molecule has 0 atom stereocenters. The van der Waals surface area contributed by atoms with Crippen molar-refractivity contribution in [2.45, 2.75) is 0 Å². The first kappa shape index (κ1) is 45.5. The van der Waals surface area contributed by atoms with Gasteiger partial charge < -0.3 is 18.0 Å². The van der Waals surface area contributed by atoms with Crippen molar-refractivity contribution in [3.8, 4) is 62.4 Å². The fraction of sp³-hybridized carbons (Fsp3) is 0. The van der Waals surface area contributed by atoms with Crippen LogP contribution in [0.25, 0.3) is 172 Å². The van der Waals surface area contributed by atoms with Crippen molar-refractivity contribution in [3.05, 3.63) is 267 Å². The van der Waals surface area contributed by atoms with Gasteiger partial charge in [-0.2, -0.15) is 9.97 Å². The molecule has 386 valence electrons. The van der Waals surface area contributed by atoms with Gasteiger partial charge in [-0.25, -0.2) is 4.98 Å². The molecule has 0 aliphatic carbocycles. The monoisotopic (exact) mass is 1060 g/mol. The number of nitrogens with zero attached hydrogens (tertiary/aromatic N) is 6. The summed E-state index contributed by atoms with van der Waals surface area (Å²) >= 11 is 0. The Morgan fingerprint density at radius 2 is 0.735 bits per heavy atom. The van der Waals surface area contributed by atoms with Crippen LogP contribution in [0.15, 0.2) is 276 Å². The standard InChI is InChI=1S/C75H44N6O2/c1-4-17-45(18-5-1)48-31-37-65-59(41-48)60-43-51(33-38-66(60)79(65)50-34-40-69-62(44-50)61-42-49(32-39-68(61)82-69)46-19-6-2-7-20-46)80-63-28-13-10-23-52(63)55-35-36-56-53-24-11-14-29-64(53)81(71(56)70(55)80)75-77-73(47-21-8-3-9-22-47)76-74(78-75)58-27-16-26-57-54-25-12-15-30-67(54)83-72(57)58/h1-44H. The second-order valence-electron chi connectivity index (χ2n) is 21.5. The maximum Gasteiger partial charge on any atom is 0.238 e. The van der Waals surface area contributed by atoms with Gasteiger partial charge in [0.1, 0.15) is 22.3 Å². The Bertz CT molecular complexity index is 5690. The summed E-state index contributed by atoms with van der Waals surface area (Å²) in [6, 6.07) is 94.7. The van der Waals surface area contributed by atoms with E-state index in [0.717, 1.165) is 148 Å². The molecular formula is C75H44N6O2. The number of benzene rings is 12. The van der Waals surface area contributed by atoms with Gasteiger partial charge >= 0.3 is 0 Å². The van der Waals surface area contributed by atoms with Crippen LogP contribution in [-0.2, 0) is 0 Å². The minimum absolute atomic E-state index is 0.503. The lowest BCUT2D eigenvalue weighted by Gasteiger charge is -2.14. The molecule has 8 nitrogen and oxygen atoms in total. The molecule has 0 aliphatic heterocycles. The summed E-state index contributed by atoms with van der Waals surface area (Å²) in [4.78, 5) is 16.2. The zero-order chi connectivity index (χ0) is 54.3. The van der Waals surface area contributed by atoms with Crippen molar-refractivity contribution < 1.29 is 8.83 Å². The summed E-state index contributed by atoms with van der Waals surface area (Å²) in [5, 5.41) is 10.9. The average Bonchev–Trinajstić information content (AvgIpc) is 2.60. The van der Waals surface area contributed by atoms with E-state index in [2.05, 4.69) is 244 Å². The molecule has 0 spiro atoms. The van der Waals surface area contributed by atoms with E-state index in [4.69, 9.17) is 23.8 Å². The molecule has 0 amide bonds. The molecule has 0 saturated heterocycles. The van der Waals surface area contributed by atoms with E-state index < -0.39 is 0 Å². The molecule has 0 saturated carbocycles. The van der Waals surface area contributed by atoms with Crippen molar-refractivity contribution in [2.24, 2.45) is 0 Å². The topological polar surface area (TPSA) is 79.7 Å². The lowest BCUT2D eigenvalue weighted by molar-refractivity contribution is 0.668. The first-order valence-electron chi connectivity index (χ1n) is 28.0. The Balaban J connectivity index is 0.905. The van der Waals surface area contributed by atoms with Crippen LogP contribution in [0.5, 0.6) is 0 Å². The van der Waals surface area contributed by atoms with Crippen LogP contribution < -0.4 is 0 Å². The van der Waals surface area contributed by atoms with Crippen LogP contribution in [0.1, 0.15) is 0 Å². The lowest BCUT2D eigenvalue weighted by atomic mass is 10.0. The van der Waals surface area contributed by atoms with E-state index in [1.165, 1.54) is 5.56 Å². The third kappa shape index (κ3) is 6.84. The highest BCUT2D eigenvalue weighted by atomic mass is 16.3. The molecule has 8 heteroatoms. The molecule has 83 heavy (non-hydrogen) atoms. The molecule has 18 rings (SSSR count). The first-order valence-corrected chi connectivity index (χ1v) is 28.0.